The van der Waals surface area contributed by atoms with Crippen molar-refractivity contribution in [3.63, 3.8) is 0 Å². The minimum atomic E-state index is -1.09. The van der Waals surface area contributed by atoms with Gasteiger partial charge in [-0.05, 0) is 44.0 Å². The molecule has 0 saturated heterocycles. The Balaban J connectivity index is 1.53. The number of hydrogen-bond donors (Lipinski definition) is 2. The van der Waals surface area contributed by atoms with E-state index in [0.29, 0.717) is 10.7 Å². The van der Waals surface area contributed by atoms with E-state index >= 15 is 0 Å². The zero-order valence-electron chi connectivity index (χ0n) is 17.7. The van der Waals surface area contributed by atoms with Gasteiger partial charge in [-0.15, -0.1) is 0 Å². The van der Waals surface area contributed by atoms with Gasteiger partial charge in [0.25, 0.3) is 11.8 Å². The molecule has 164 valence electrons. The van der Waals surface area contributed by atoms with Gasteiger partial charge in [-0.25, -0.2) is 0 Å². The summed E-state index contributed by atoms with van der Waals surface area (Å²) in [6.45, 7) is 1.92. The molecule has 1 atom stereocenters. The number of hydrogen-bond acceptors (Lipinski definition) is 4. The van der Waals surface area contributed by atoms with Crippen LogP contribution >= 0.6 is 11.6 Å². The summed E-state index contributed by atoms with van der Waals surface area (Å²) < 4.78 is 1.46. The van der Waals surface area contributed by atoms with Crippen molar-refractivity contribution in [1.82, 2.24) is 20.0 Å². The van der Waals surface area contributed by atoms with Crippen molar-refractivity contribution in [3.8, 4) is 0 Å². The van der Waals surface area contributed by atoms with Crippen LogP contribution in [0.5, 0.6) is 0 Å². The first-order chi connectivity index (χ1) is 14.8. The van der Waals surface area contributed by atoms with E-state index < -0.39 is 11.4 Å². The molecule has 1 fully saturated rings. The van der Waals surface area contributed by atoms with E-state index in [-0.39, 0.29) is 35.8 Å². The molecule has 1 aliphatic carbocycles. The number of nitrogens with zero attached hydrogens (tertiary/aromatic N) is 3. The zero-order valence-corrected chi connectivity index (χ0v) is 18.4. The summed E-state index contributed by atoms with van der Waals surface area (Å²) >= 11 is 5.87. The third-order valence-electron chi connectivity index (χ3n) is 6.27. The Morgan fingerprint density at radius 1 is 1.16 bits per heavy atom. The van der Waals surface area contributed by atoms with Gasteiger partial charge in [-0.2, -0.15) is 5.10 Å². The SMILES string of the molecule is CN1C(=O)c2cc(C(=O)Nc3ccc(Cl)cc3)nn2CC1(C)C(=O)NC1CCCCC1. The van der Waals surface area contributed by atoms with Crippen LogP contribution < -0.4 is 10.6 Å². The van der Waals surface area contributed by atoms with Gasteiger partial charge in [-0.3, -0.25) is 19.1 Å². The second kappa shape index (κ2) is 8.34. The van der Waals surface area contributed by atoms with Crippen LogP contribution in [0.25, 0.3) is 0 Å². The van der Waals surface area contributed by atoms with Gasteiger partial charge < -0.3 is 15.5 Å². The normalized spacial score (nSPS) is 21.5. The molecule has 2 aliphatic rings. The lowest BCUT2D eigenvalue weighted by molar-refractivity contribution is -0.133. The number of carbonyl (C=O) groups excluding carboxylic acids is 3. The number of carbonyl (C=O) groups is 3. The lowest BCUT2D eigenvalue weighted by Gasteiger charge is -2.41. The number of likely N-dealkylation sites (N-methyl/N-ethyl adjacent to an activating group) is 1. The van der Waals surface area contributed by atoms with Crippen molar-refractivity contribution in [2.45, 2.75) is 57.2 Å². The van der Waals surface area contributed by atoms with Crippen LogP contribution in [0.15, 0.2) is 30.3 Å². The Kier molecular flexibility index (Phi) is 5.75. The highest BCUT2D eigenvalue weighted by Gasteiger charge is 2.46. The van der Waals surface area contributed by atoms with E-state index in [1.807, 2.05) is 0 Å². The van der Waals surface area contributed by atoms with Crippen molar-refractivity contribution in [3.05, 3.63) is 46.7 Å². The van der Waals surface area contributed by atoms with Crippen LogP contribution in [0.2, 0.25) is 5.02 Å². The highest BCUT2D eigenvalue weighted by Crippen LogP contribution is 2.27. The smallest absolute Gasteiger partial charge is 0.276 e. The maximum absolute atomic E-state index is 13.1. The van der Waals surface area contributed by atoms with Crippen molar-refractivity contribution in [2.75, 3.05) is 12.4 Å². The van der Waals surface area contributed by atoms with E-state index in [2.05, 4.69) is 15.7 Å². The number of benzene rings is 1. The Morgan fingerprint density at radius 2 is 1.84 bits per heavy atom. The summed E-state index contributed by atoms with van der Waals surface area (Å²) in [7, 11) is 1.62. The third kappa shape index (κ3) is 4.17. The fourth-order valence-electron chi connectivity index (χ4n) is 4.15. The molecule has 1 aromatic carbocycles. The van der Waals surface area contributed by atoms with Gasteiger partial charge in [0, 0.05) is 29.9 Å². The molecule has 31 heavy (non-hydrogen) atoms. The van der Waals surface area contributed by atoms with Crippen molar-refractivity contribution < 1.29 is 14.4 Å². The Labute approximate surface area is 185 Å². The van der Waals surface area contributed by atoms with Gasteiger partial charge >= 0.3 is 0 Å². The summed E-state index contributed by atoms with van der Waals surface area (Å²) in [5.41, 5.74) is -0.117. The van der Waals surface area contributed by atoms with Crippen molar-refractivity contribution in [1.29, 1.82) is 0 Å². The lowest BCUT2D eigenvalue weighted by Crippen LogP contribution is -2.63. The fourth-order valence-corrected chi connectivity index (χ4v) is 4.28. The van der Waals surface area contributed by atoms with E-state index in [1.54, 1.807) is 38.2 Å². The van der Waals surface area contributed by atoms with E-state index in [9.17, 15) is 14.4 Å². The fraction of sp³-hybridized carbons (Fsp3) is 0.455. The molecular formula is C22H26ClN5O3. The zero-order chi connectivity index (χ0) is 22.2. The number of fused-ring (bicyclic) bond motifs is 1. The molecule has 2 heterocycles. The molecule has 0 radical (unpaired) electrons. The van der Waals surface area contributed by atoms with Crippen LogP contribution in [0.1, 0.15) is 60.0 Å². The first-order valence-electron chi connectivity index (χ1n) is 10.5. The largest absolute Gasteiger partial charge is 0.351 e. The minimum Gasteiger partial charge on any atom is -0.351 e. The first-order valence-corrected chi connectivity index (χ1v) is 10.9. The molecule has 1 unspecified atom stereocenters. The van der Waals surface area contributed by atoms with Crippen molar-refractivity contribution in [2.24, 2.45) is 0 Å². The number of rotatable bonds is 4. The maximum Gasteiger partial charge on any atom is 0.276 e. The second-order valence-corrected chi connectivity index (χ2v) is 8.92. The predicted octanol–water partition coefficient (Wildman–Crippen LogP) is 3.08. The van der Waals surface area contributed by atoms with Gasteiger partial charge in [0.1, 0.15) is 11.2 Å². The van der Waals surface area contributed by atoms with Crippen LogP contribution in [0.4, 0.5) is 5.69 Å². The van der Waals surface area contributed by atoms with E-state index in [0.717, 1.165) is 25.7 Å². The molecule has 0 spiro atoms. The quantitative estimate of drug-likeness (QED) is 0.758. The van der Waals surface area contributed by atoms with Gasteiger partial charge in [0.05, 0.1) is 6.54 Å². The first kappa shape index (κ1) is 21.4. The minimum absolute atomic E-state index is 0.114. The Bertz CT molecular complexity index is 1010. The third-order valence-corrected chi connectivity index (χ3v) is 6.52. The van der Waals surface area contributed by atoms with Crippen LogP contribution in [-0.4, -0.2) is 51.0 Å². The van der Waals surface area contributed by atoms with Crippen LogP contribution in [-0.2, 0) is 11.3 Å². The Hall–Kier alpha value is -2.87. The topological polar surface area (TPSA) is 96.3 Å². The van der Waals surface area contributed by atoms with Crippen LogP contribution in [0.3, 0.4) is 0 Å². The molecular weight excluding hydrogens is 418 g/mol. The molecule has 8 nitrogen and oxygen atoms in total. The van der Waals surface area contributed by atoms with Gasteiger partial charge in [0.15, 0.2) is 5.69 Å². The van der Waals surface area contributed by atoms with E-state index in [4.69, 9.17) is 11.6 Å². The molecule has 1 aromatic heterocycles. The predicted molar refractivity (Wildman–Crippen MR) is 117 cm³/mol. The number of amides is 3. The van der Waals surface area contributed by atoms with Crippen molar-refractivity contribution >= 4 is 35.0 Å². The summed E-state index contributed by atoms with van der Waals surface area (Å²) in [6, 6.07) is 8.31. The van der Waals surface area contributed by atoms with Crippen LogP contribution in [0, 0.1) is 0 Å². The standard InChI is InChI=1S/C22H26ClN5O3/c1-22(21(31)25-15-6-4-3-5-7-15)13-28-18(20(30)27(22)2)12-17(26-28)19(29)24-16-10-8-14(23)9-11-16/h8-12,15H,3-7,13H2,1-2H3,(H,24,29)(H,25,31). The molecule has 1 aliphatic heterocycles. The number of nitrogens with one attached hydrogen (secondary N) is 2. The number of anilines is 1. The second-order valence-electron chi connectivity index (χ2n) is 8.48. The highest BCUT2D eigenvalue weighted by molar-refractivity contribution is 6.30. The lowest BCUT2D eigenvalue weighted by atomic mass is 9.92. The number of aromatic nitrogens is 2. The molecule has 2 aromatic rings. The average Bonchev–Trinajstić information content (AvgIpc) is 3.18. The molecule has 9 heteroatoms. The maximum atomic E-state index is 13.1. The van der Waals surface area contributed by atoms with Gasteiger partial charge in [-0.1, -0.05) is 30.9 Å². The Morgan fingerprint density at radius 3 is 2.52 bits per heavy atom. The van der Waals surface area contributed by atoms with E-state index in [1.165, 1.54) is 22.1 Å². The summed E-state index contributed by atoms with van der Waals surface area (Å²) in [5, 5.41) is 10.7. The summed E-state index contributed by atoms with van der Waals surface area (Å²) in [4.78, 5) is 40.2. The summed E-state index contributed by atoms with van der Waals surface area (Å²) in [6.07, 6.45) is 5.32. The number of halogens is 1. The highest BCUT2D eigenvalue weighted by atomic mass is 35.5. The van der Waals surface area contributed by atoms with Gasteiger partial charge in [0.2, 0.25) is 5.91 Å². The molecule has 2 N–H and O–H groups in total. The molecule has 1 saturated carbocycles. The molecule has 3 amide bonds. The monoisotopic (exact) mass is 443 g/mol. The summed E-state index contributed by atoms with van der Waals surface area (Å²) in [5.74, 6) is -0.970. The average molecular weight is 444 g/mol. The molecule has 0 bridgehead atoms. The molecule has 4 rings (SSSR count).